The van der Waals surface area contributed by atoms with Gasteiger partial charge in [0.25, 0.3) is 0 Å². The minimum Gasteiger partial charge on any atom is -0.354 e. The quantitative estimate of drug-likeness (QED) is 0.689. The van der Waals surface area contributed by atoms with Gasteiger partial charge in [0.2, 0.25) is 10.0 Å². The van der Waals surface area contributed by atoms with Crippen molar-refractivity contribution in [1.29, 1.82) is 0 Å². The molecule has 1 saturated heterocycles. The zero-order valence-electron chi connectivity index (χ0n) is 14.0. The van der Waals surface area contributed by atoms with Crippen LogP contribution in [0.3, 0.4) is 0 Å². The number of sulfonamides is 1. The summed E-state index contributed by atoms with van der Waals surface area (Å²) in [7, 11) is -3.77. The molecule has 2 amide bonds. The van der Waals surface area contributed by atoms with Gasteiger partial charge in [0, 0.05) is 31.0 Å². The molecule has 0 radical (unpaired) electrons. The number of carbonyl (C=O) groups excluding carboxylic acids is 1. The Balaban J connectivity index is 1.56. The van der Waals surface area contributed by atoms with Gasteiger partial charge in [-0.15, -0.1) is 0 Å². The lowest BCUT2D eigenvalue weighted by Gasteiger charge is -2.18. The molecule has 1 aromatic carbocycles. The summed E-state index contributed by atoms with van der Waals surface area (Å²) in [6.07, 6.45) is 1.95. The standard InChI is InChI=1S/C16H17Cl2N5O3S/c17-13-3-1-10(7-14(13)18)21-16(24)22-11-5-6-23(9-11)15-4-2-12(8-20-15)27(19,25)26/h1-4,7-8,11H,5-6,9H2,(H2,19,25,26)(H2,21,22,24)/t11-/m1/s1. The smallest absolute Gasteiger partial charge is 0.319 e. The number of amides is 2. The summed E-state index contributed by atoms with van der Waals surface area (Å²) in [6, 6.07) is 7.42. The second-order valence-electron chi connectivity index (χ2n) is 6.06. The minimum atomic E-state index is -3.77. The second-order valence-corrected chi connectivity index (χ2v) is 8.43. The molecule has 1 fully saturated rings. The van der Waals surface area contributed by atoms with Gasteiger partial charge < -0.3 is 15.5 Å². The fourth-order valence-corrected chi connectivity index (χ4v) is 3.50. The van der Waals surface area contributed by atoms with E-state index in [0.717, 1.165) is 6.42 Å². The molecule has 2 heterocycles. The van der Waals surface area contributed by atoms with Crippen LogP contribution in [0.25, 0.3) is 0 Å². The molecule has 1 atom stereocenters. The molecule has 0 unspecified atom stereocenters. The number of urea groups is 1. The van der Waals surface area contributed by atoms with Crippen molar-refractivity contribution in [3.63, 3.8) is 0 Å². The van der Waals surface area contributed by atoms with E-state index in [2.05, 4.69) is 15.6 Å². The van der Waals surface area contributed by atoms with Crippen LogP contribution in [0.5, 0.6) is 0 Å². The number of pyridine rings is 1. The number of halogens is 2. The highest BCUT2D eigenvalue weighted by atomic mass is 35.5. The van der Waals surface area contributed by atoms with Crippen LogP contribution in [-0.4, -0.2) is 38.6 Å². The van der Waals surface area contributed by atoms with Crippen molar-refractivity contribution >= 4 is 50.8 Å². The average Bonchev–Trinajstić information content (AvgIpc) is 3.06. The first-order chi connectivity index (χ1) is 12.7. The predicted molar refractivity (Wildman–Crippen MR) is 105 cm³/mol. The van der Waals surface area contributed by atoms with Crippen molar-refractivity contribution < 1.29 is 13.2 Å². The van der Waals surface area contributed by atoms with Crippen LogP contribution >= 0.6 is 23.2 Å². The van der Waals surface area contributed by atoms with Crippen molar-refractivity contribution in [2.45, 2.75) is 17.4 Å². The average molecular weight is 430 g/mol. The molecule has 11 heteroatoms. The maximum Gasteiger partial charge on any atom is 0.319 e. The molecule has 27 heavy (non-hydrogen) atoms. The van der Waals surface area contributed by atoms with E-state index < -0.39 is 10.0 Å². The first-order valence-electron chi connectivity index (χ1n) is 7.99. The first kappa shape index (κ1) is 19.7. The normalized spacial score (nSPS) is 17.0. The third kappa shape index (κ3) is 5.01. The van der Waals surface area contributed by atoms with Crippen LogP contribution in [0.15, 0.2) is 41.4 Å². The summed E-state index contributed by atoms with van der Waals surface area (Å²) in [5.41, 5.74) is 0.539. The van der Waals surface area contributed by atoms with Gasteiger partial charge in [-0.2, -0.15) is 0 Å². The molecule has 3 rings (SSSR count). The summed E-state index contributed by atoms with van der Waals surface area (Å²) < 4.78 is 22.6. The molecule has 144 valence electrons. The van der Waals surface area contributed by atoms with Crippen molar-refractivity contribution in [1.82, 2.24) is 10.3 Å². The third-order valence-electron chi connectivity index (χ3n) is 4.07. The molecule has 2 aromatic rings. The Morgan fingerprint density at radius 2 is 2.00 bits per heavy atom. The fourth-order valence-electron chi connectivity index (χ4n) is 2.74. The molecule has 0 saturated carbocycles. The molecule has 0 bridgehead atoms. The molecular weight excluding hydrogens is 413 g/mol. The predicted octanol–water partition coefficient (Wildman–Crippen LogP) is 2.44. The molecule has 8 nitrogen and oxygen atoms in total. The lowest BCUT2D eigenvalue weighted by atomic mass is 10.3. The van der Waals surface area contributed by atoms with E-state index in [1.54, 1.807) is 24.3 Å². The topological polar surface area (TPSA) is 117 Å². The van der Waals surface area contributed by atoms with Gasteiger partial charge in [-0.25, -0.2) is 23.3 Å². The van der Waals surface area contributed by atoms with Gasteiger partial charge in [-0.1, -0.05) is 23.2 Å². The molecule has 0 aliphatic carbocycles. The van der Waals surface area contributed by atoms with E-state index in [9.17, 15) is 13.2 Å². The number of hydrogen-bond acceptors (Lipinski definition) is 5. The van der Waals surface area contributed by atoms with Gasteiger partial charge >= 0.3 is 6.03 Å². The number of rotatable bonds is 4. The molecule has 1 aliphatic rings. The van der Waals surface area contributed by atoms with E-state index in [-0.39, 0.29) is 17.0 Å². The summed E-state index contributed by atoms with van der Waals surface area (Å²) in [5.74, 6) is 0.622. The highest BCUT2D eigenvalue weighted by Gasteiger charge is 2.25. The number of primary sulfonamides is 1. The molecule has 0 spiro atoms. The van der Waals surface area contributed by atoms with Crippen molar-refractivity contribution in [3.8, 4) is 0 Å². The maximum atomic E-state index is 12.1. The first-order valence-corrected chi connectivity index (χ1v) is 10.3. The Morgan fingerprint density at radius 3 is 2.63 bits per heavy atom. The van der Waals surface area contributed by atoms with Gasteiger partial charge in [0.15, 0.2) is 0 Å². The molecular formula is C16H17Cl2N5O3S. The number of carbonyl (C=O) groups is 1. The molecule has 4 N–H and O–H groups in total. The van der Waals surface area contributed by atoms with Gasteiger partial charge in [0.05, 0.1) is 10.0 Å². The highest BCUT2D eigenvalue weighted by molar-refractivity contribution is 7.89. The number of nitrogens with two attached hydrogens (primary N) is 1. The van der Waals surface area contributed by atoms with Gasteiger partial charge in [-0.3, -0.25) is 0 Å². The molecule has 1 aliphatic heterocycles. The summed E-state index contributed by atoms with van der Waals surface area (Å²) in [5, 5.41) is 11.4. The Morgan fingerprint density at radius 1 is 1.22 bits per heavy atom. The van der Waals surface area contributed by atoms with Crippen LogP contribution in [0.2, 0.25) is 10.0 Å². The van der Waals surface area contributed by atoms with Crippen LogP contribution in [-0.2, 0) is 10.0 Å². The Hall–Kier alpha value is -2.07. The zero-order chi connectivity index (χ0) is 19.6. The zero-order valence-corrected chi connectivity index (χ0v) is 16.4. The number of anilines is 2. The lowest BCUT2D eigenvalue weighted by Crippen LogP contribution is -2.39. The van der Waals surface area contributed by atoms with Crippen LogP contribution in [0.4, 0.5) is 16.3 Å². The summed E-state index contributed by atoms with van der Waals surface area (Å²) in [4.78, 5) is 18.2. The van der Waals surface area contributed by atoms with Crippen LogP contribution in [0.1, 0.15) is 6.42 Å². The van der Waals surface area contributed by atoms with E-state index in [0.29, 0.717) is 34.6 Å². The van der Waals surface area contributed by atoms with E-state index >= 15 is 0 Å². The SMILES string of the molecule is NS(=O)(=O)c1ccc(N2CC[C@@H](NC(=O)Nc3ccc(Cl)c(Cl)c3)C2)nc1. The van der Waals surface area contributed by atoms with Crippen molar-refractivity contribution in [2.75, 3.05) is 23.3 Å². The minimum absolute atomic E-state index is 0.0406. The van der Waals surface area contributed by atoms with Gasteiger partial charge in [0.1, 0.15) is 10.7 Å². The number of aromatic nitrogens is 1. The molecule has 1 aromatic heterocycles. The van der Waals surface area contributed by atoms with Crippen LogP contribution < -0.4 is 20.7 Å². The number of nitrogens with one attached hydrogen (secondary N) is 2. The summed E-state index contributed by atoms with van der Waals surface area (Å²) >= 11 is 11.8. The second kappa shape index (κ2) is 7.89. The van der Waals surface area contributed by atoms with Crippen molar-refractivity contribution in [2.24, 2.45) is 5.14 Å². The number of nitrogens with zero attached hydrogens (tertiary/aromatic N) is 2. The van der Waals surface area contributed by atoms with Crippen LogP contribution in [0, 0.1) is 0 Å². The lowest BCUT2D eigenvalue weighted by molar-refractivity contribution is 0.249. The Labute approximate surface area is 166 Å². The highest BCUT2D eigenvalue weighted by Crippen LogP contribution is 2.25. The van der Waals surface area contributed by atoms with E-state index in [1.807, 2.05) is 4.90 Å². The largest absolute Gasteiger partial charge is 0.354 e. The van der Waals surface area contributed by atoms with Crippen molar-refractivity contribution in [3.05, 3.63) is 46.6 Å². The van der Waals surface area contributed by atoms with E-state index in [1.165, 1.54) is 12.3 Å². The summed E-state index contributed by atoms with van der Waals surface area (Å²) in [6.45, 7) is 1.23. The Bertz CT molecular complexity index is 953. The monoisotopic (exact) mass is 429 g/mol. The fraction of sp³-hybridized carbons (Fsp3) is 0.250. The van der Waals surface area contributed by atoms with E-state index in [4.69, 9.17) is 28.3 Å². The number of benzene rings is 1. The Kier molecular flexibility index (Phi) is 5.75. The maximum absolute atomic E-state index is 12.1. The third-order valence-corrected chi connectivity index (χ3v) is 5.71. The number of hydrogen-bond donors (Lipinski definition) is 3. The van der Waals surface area contributed by atoms with Gasteiger partial charge in [-0.05, 0) is 36.8 Å².